The van der Waals surface area contributed by atoms with Crippen molar-refractivity contribution in [2.75, 3.05) is 0 Å². The van der Waals surface area contributed by atoms with Crippen molar-refractivity contribution in [1.82, 2.24) is 19.8 Å². The van der Waals surface area contributed by atoms with Gasteiger partial charge in [0.15, 0.2) is 5.11 Å². The summed E-state index contributed by atoms with van der Waals surface area (Å²) >= 11 is 5.82. The number of pyridine rings is 1. The van der Waals surface area contributed by atoms with Crippen LogP contribution >= 0.6 is 12.2 Å². The van der Waals surface area contributed by atoms with Crippen molar-refractivity contribution in [3.8, 4) is 5.69 Å². The Morgan fingerprint density at radius 3 is 2.47 bits per heavy atom. The first-order valence-corrected chi connectivity index (χ1v) is 12.0. The smallest absolute Gasteiger partial charge is 0.352 e. The topological polar surface area (TPSA) is 33.1 Å². The van der Waals surface area contributed by atoms with Crippen LogP contribution in [-0.2, 0) is 6.18 Å². The van der Waals surface area contributed by atoms with Gasteiger partial charge in [0.2, 0.25) is 0 Å². The van der Waals surface area contributed by atoms with Gasteiger partial charge < -0.3 is 14.8 Å². The largest absolute Gasteiger partial charge is 0.416 e. The minimum absolute atomic E-state index is 0.0868. The number of benzene rings is 1. The van der Waals surface area contributed by atoms with E-state index in [1.165, 1.54) is 25.0 Å². The summed E-state index contributed by atoms with van der Waals surface area (Å²) in [5.41, 5.74) is 3.62. The fraction of sp³-hybridized carbons (Fsp3) is 0.385. The van der Waals surface area contributed by atoms with E-state index >= 15 is 0 Å². The molecular weight excluding hydrogens is 457 g/mol. The molecule has 4 nitrogen and oxygen atoms in total. The van der Waals surface area contributed by atoms with E-state index < -0.39 is 11.7 Å². The van der Waals surface area contributed by atoms with Crippen LogP contribution in [0.4, 0.5) is 13.2 Å². The quantitative estimate of drug-likeness (QED) is 0.433. The molecule has 2 aromatic heterocycles. The van der Waals surface area contributed by atoms with Crippen molar-refractivity contribution in [2.24, 2.45) is 0 Å². The van der Waals surface area contributed by atoms with Crippen LogP contribution in [0.5, 0.6) is 0 Å². The Bertz CT molecular complexity index is 1200. The van der Waals surface area contributed by atoms with Gasteiger partial charge >= 0.3 is 6.18 Å². The van der Waals surface area contributed by atoms with E-state index in [4.69, 9.17) is 12.2 Å². The van der Waals surface area contributed by atoms with E-state index in [9.17, 15) is 13.2 Å². The fourth-order valence-electron chi connectivity index (χ4n) is 5.58. The number of nitrogens with one attached hydrogen (secondary N) is 1. The Balaban J connectivity index is 1.62. The molecule has 178 valence electrons. The molecule has 0 radical (unpaired) electrons. The highest BCUT2D eigenvalue weighted by molar-refractivity contribution is 7.80. The van der Waals surface area contributed by atoms with Crippen molar-refractivity contribution in [1.29, 1.82) is 0 Å². The van der Waals surface area contributed by atoms with Crippen LogP contribution in [0.25, 0.3) is 5.69 Å². The Morgan fingerprint density at radius 2 is 1.79 bits per heavy atom. The maximum atomic E-state index is 13.4. The zero-order valence-corrected chi connectivity index (χ0v) is 20.0. The predicted molar refractivity (Wildman–Crippen MR) is 130 cm³/mol. The number of alkyl halides is 3. The molecule has 1 aliphatic heterocycles. The van der Waals surface area contributed by atoms with Crippen molar-refractivity contribution in [2.45, 2.75) is 63.8 Å². The van der Waals surface area contributed by atoms with E-state index in [0.717, 1.165) is 46.7 Å². The van der Waals surface area contributed by atoms with Crippen molar-refractivity contribution >= 4 is 17.3 Å². The molecule has 2 atom stereocenters. The van der Waals surface area contributed by atoms with Crippen LogP contribution in [-0.4, -0.2) is 25.6 Å². The normalized spacial score (nSPS) is 21.3. The summed E-state index contributed by atoms with van der Waals surface area (Å²) in [6.45, 7) is 3.92. The first-order valence-electron chi connectivity index (χ1n) is 11.6. The van der Waals surface area contributed by atoms with Crippen molar-refractivity contribution in [3.05, 3.63) is 82.9 Å². The SMILES string of the molecule is Cc1cc([C@H]2[C@@H](c3ccccn3)NC(=S)N2C2CCCC2)c(C)n1-c1cccc(C(F)(F)F)c1. The lowest BCUT2D eigenvalue weighted by Crippen LogP contribution is -2.37. The van der Waals surface area contributed by atoms with Gasteiger partial charge in [0.1, 0.15) is 0 Å². The summed E-state index contributed by atoms with van der Waals surface area (Å²) in [6, 6.07) is 13.6. The van der Waals surface area contributed by atoms with Gasteiger partial charge in [-0.2, -0.15) is 13.2 Å². The summed E-state index contributed by atoms with van der Waals surface area (Å²) < 4.78 is 42.1. The molecule has 34 heavy (non-hydrogen) atoms. The van der Waals surface area contributed by atoms with E-state index in [2.05, 4.69) is 21.3 Å². The van der Waals surface area contributed by atoms with Gasteiger partial charge in [0, 0.05) is 29.3 Å². The summed E-state index contributed by atoms with van der Waals surface area (Å²) in [6.07, 6.45) is 1.90. The molecule has 0 bridgehead atoms. The van der Waals surface area contributed by atoms with Crippen molar-refractivity contribution < 1.29 is 13.2 Å². The van der Waals surface area contributed by atoms with Gasteiger partial charge in [0.05, 0.1) is 23.3 Å². The second-order valence-electron chi connectivity index (χ2n) is 9.18. The molecule has 0 unspecified atom stereocenters. The van der Waals surface area contributed by atoms with Gasteiger partial charge in [-0.05, 0) is 80.9 Å². The third-order valence-corrected chi connectivity index (χ3v) is 7.40. The standard InChI is InChI=1S/C26H27F3N4S/c1-16-14-21(17(2)32(16)20-11-7-8-18(15-20)26(27,28)29)24-23(22-12-5-6-13-30-22)31-25(34)33(24)19-9-3-4-10-19/h5-8,11-15,19,23-24H,3-4,9-10H2,1-2H3,(H,31,34)/t23-,24+/m1/s1. The maximum absolute atomic E-state index is 13.4. The average Bonchev–Trinajstić information content (AvgIpc) is 3.51. The molecule has 8 heteroatoms. The fourth-order valence-corrected chi connectivity index (χ4v) is 5.97. The summed E-state index contributed by atoms with van der Waals surface area (Å²) in [7, 11) is 0. The van der Waals surface area contributed by atoms with E-state index in [1.807, 2.05) is 36.6 Å². The maximum Gasteiger partial charge on any atom is 0.416 e. The molecule has 1 saturated heterocycles. The van der Waals surface area contributed by atoms with Crippen LogP contribution in [0.15, 0.2) is 54.7 Å². The van der Waals surface area contributed by atoms with E-state index in [1.54, 1.807) is 12.3 Å². The third kappa shape index (κ3) is 3.98. The van der Waals surface area contributed by atoms with Gasteiger partial charge in [-0.15, -0.1) is 0 Å². The summed E-state index contributed by atoms with van der Waals surface area (Å²) in [4.78, 5) is 6.93. The molecular formula is C26H27F3N4S. The van der Waals surface area contributed by atoms with Crippen molar-refractivity contribution in [3.63, 3.8) is 0 Å². The van der Waals surface area contributed by atoms with Crippen LogP contribution in [0, 0.1) is 13.8 Å². The number of hydrogen-bond donors (Lipinski definition) is 1. The zero-order chi connectivity index (χ0) is 24.0. The molecule has 0 spiro atoms. The lowest BCUT2D eigenvalue weighted by Gasteiger charge is -2.33. The molecule has 5 rings (SSSR count). The molecule has 1 N–H and O–H groups in total. The second-order valence-corrected chi connectivity index (χ2v) is 9.57. The molecule has 3 heterocycles. The predicted octanol–water partition coefficient (Wildman–Crippen LogP) is 6.42. The lowest BCUT2D eigenvalue weighted by atomic mass is 9.95. The number of halogens is 3. The first-order chi connectivity index (χ1) is 16.3. The summed E-state index contributed by atoms with van der Waals surface area (Å²) in [5, 5.41) is 4.23. The highest BCUT2D eigenvalue weighted by Gasteiger charge is 2.44. The molecule has 1 aromatic carbocycles. The second kappa shape index (κ2) is 8.73. The van der Waals surface area contributed by atoms with Crippen LogP contribution < -0.4 is 5.32 Å². The minimum Gasteiger partial charge on any atom is -0.352 e. The number of hydrogen-bond acceptors (Lipinski definition) is 2. The molecule has 1 aliphatic carbocycles. The van der Waals surface area contributed by atoms with Gasteiger partial charge in [-0.25, -0.2) is 0 Å². The molecule has 3 aromatic rings. The Labute approximate surface area is 202 Å². The van der Waals surface area contributed by atoms with Gasteiger partial charge in [-0.1, -0.05) is 25.0 Å². The highest BCUT2D eigenvalue weighted by Crippen LogP contribution is 2.45. The van der Waals surface area contributed by atoms with E-state index in [-0.39, 0.29) is 12.1 Å². The Hall–Kier alpha value is -2.87. The number of rotatable bonds is 4. The molecule has 2 fully saturated rings. The minimum atomic E-state index is -4.39. The summed E-state index contributed by atoms with van der Waals surface area (Å²) in [5.74, 6) is 0. The van der Waals surface area contributed by atoms with Crippen LogP contribution in [0.1, 0.15) is 66.0 Å². The van der Waals surface area contributed by atoms with E-state index in [0.29, 0.717) is 11.7 Å². The van der Waals surface area contributed by atoms with Crippen LogP contribution in [0.2, 0.25) is 0 Å². The highest BCUT2D eigenvalue weighted by atomic mass is 32.1. The zero-order valence-electron chi connectivity index (χ0n) is 19.1. The average molecular weight is 485 g/mol. The third-order valence-electron chi connectivity index (χ3n) is 7.07. The number of thiocarbonyl (C=S) groups is 1. The lowest BCUT2D eigenvalue weighted by molar-refractivity contribution is -0.137. The van der Waals surface area contributed by atoms with Gasteiger partial charge in [0.25, 0.3) is 0 Å². The number of nitrogens with zero attached hydrogens (tertiary/aromatic N) is 3. The monoisotopic (exact) mass is 484 g/mol. The van der Waals surface area contributed by atoms with Gasteiger partial charge in [-0.3, -0.25) is 4.98 Å². The van der Waals surface area contributed by atoms with Crippen LogP contribution in [0.3, 0.4) is 0 Å². The number of aryl methyl sites for hydroxylation is 1. The molecule has 2 aliphatic rings. The Kier molecular flexibility index (Phi) is 5.88. The first kappa shape index (κ1) is 22.9. The number of aromatic nitrogens is 2. The molecule has 0 amide bonds. The molecule has 1 saturated carbocycles. The Morgan fingerprint density at radius 1 is 1.03 bits per heavy atom.